The van der Waals surface area contributed by atoms with Crippen LogP contribution < -0.4 is 0 Å². The molecule has 0 saturated heterocycles. The van der Waals surface area contributed by atoms with E-state index in [1.54, 1.807) is 0 Å². The van der Waals surface area contributed by atoms with Gasteiger partial charge in [0.15, 0.2) is 0 Å². The van der Waals surface area contributed by atoms with Crippen molar-refractivity contribution in [3.63, 3.8) is 0 Å². The highest BCUT2D eigenvalue weighted by Crippen LogP contribution is 2.75. The molecule has 26 heavy (non-hydrogen) atoms. The lowest BCUT2D eigenvalue weighted by molar-refractivity contribution is -0.103. The zero-order valence-corrected chi connectivity index (χ0v) is 17.6. The zero-order chi connectivity index (χ0) is 19.2. The van der Waals surface area contributed by atoms with Crippen LogP contribution in [-0.4, -0.2) is 45.7 Å². The van der Waals surface area contributed by atoms with E-state index in [2.05, 4.69) is 26.0 Å². The number of hydrogen-bond donors (Lipinski definition) is 0. The molecular weight excluding hydrogens is 352 g/mol. The van der Waals surface area contributed by atoms with E-state index in [0.717, 1.165) is 31.1 Å². The number of rotatable bonds is 11. The van der Waals surface area contributed by atoms with Gasteiger partial charge in [0, 0.05) is 6.42 Å². The van der Waals surface area contributed by atoms with Crippen LogP contribution in [0.15, 0.2) is 12.2 Å². The van der Waals surface area contributed by atoms with Gasteiger partial charge >= 0.3 is 0 Å². The van der Waals surface area contributed by atoms with E-state index in [9.17, 15) is 8.42 Å². The second-order valence-electron chi connectivity index (χ2n) is 9.62. The summed E-state index contributed by atoms with van der Waals surface area (Å²) in [4.78, 5) is 0. The molecule has 5 nitrogen and oxygen atoms in total. The first kappa shape index (κ1) is 20.3. The summed E-state index contributed by atoms with van der Waals surface area (Å²) in [6.07, 6.45) is 9.97. The highest BCUT2D eigenvalue weighted by molar-refractivity contribution is 7.85. The molecule has 150 valence electrons. The van der Waals surface area contributed by atoms with E-state index in [4.69, 9.17) is 13.7 Å². The number of ether oxygens (including phenoxy) is 2. The summed E-state index contributed by atoms with van der Waals surface area (Å²) in [5.74, 6) is 2.32. The maximum atomic E-state index is 11.0. The summed E-state index contributed by atoms with van der Waals surface area (Å²) < 4.78 is 39.0. The fourth-order valence-electron chi connectivity index (χ4n) is 4.54. The monoisotopic (exact) mass is 386 g/mol. The molecule has 3 aliphatic rings. The standard InChI is InChI=1S/C20H34O5S/c1-18(2,9-11-25-26(5,21)22)23-10-8-19(3,4)24-14-15-12-20-13-16(20)6-7-17(15)20/h6-7,15-17H,8-14H2,1-5H3. The van der Waals surface area contributed by atoms with Gasteiger partial charge in [-0.05, 0) is 70.1 Å². The highest BCUT2D eigenvalue weighted by atomic mass is 32.2. The average molecular weight is 387 g/mol. The van der Waals surface area contributed by atoms with Crippen molar-refractivity contribution in [2.75, 3.05) is 26.1 Å². The quantitative estimate of drug-likeness (QED) is 0.401. The molecule has 4 unspecified atom stereocenters. The van der Waals surface area contributed by atoms with Crippen LogP contribution in [0, 0.1) is 23.2 Å². The molecule has 0 amide bonds. The third kappa shape index (κ3) is 4.70. The van der Waals surface area contributed by atoms with Crippen molar-refractivity contribution in [3.8, 4) is 0 Å². The van der Waals surface area contributed by atoms with Crippen LogP contribution in [0.5, 0.6) is 0 Å². The fourth-order valence-corrected chi connectivity index (χ4v) is 4.93. The molecule has 0 aromatic rings. The summed E-state index contributed by atoms with van der Waals surface area (Å²) in [6.45, 7) is 9.72. The summed E-state index contributed by atoms with van der Waals surface area (Å²) >= 11 is 0. The SMILES string of the molecule is CC(C)(CCOS(C)(=O)=O)OCCC(C)(C)OCC1CC23CC2C=CC13. The molecule has 0 heterocycles. The van der Waals surface area contributed by atoms with Crippen molar-refractivity contribution in [1.29, 1.82) is 0 Å². The minimum absolute atomic E-state index is 0.144. The normalized spacial score (nSPS) is 32.9. The van der Waals surface area contributed by atoms with Gasteiger partial charge in [0.05, 0.1) is 37.3 Å². The minimum Gasteiger partial charge on any atom is -0.375 e. The van der Waals surface area contributed by atoms with Crippen LogP contribution in [-0.2, 0) is 23.8 Å². The predicted molar refractivity (Wildman–Crippen MR) is 101 cm³/mol. The smallest absolute Gasteiger partial charge is 0.264 e. The van der Waals surface area contributed by atoms with Crippen LogP contribution in [0.25, 0.3) is 0 Å². The third-order valence-corrected chi connectivity index (χ3v) is 7.02. The van der Waals surface area contributed by atoms with Gasteiger partial charge in [0.1, 0.15) is 0 Å². The Kier molecular flexibility index (Phi) is 5.37. The topological polar surface area (TPSA) is 61.8 Å². The second kappa shape index (κ2) is 6.87. The van der Waals surface area contributed by atoms with Gasteiger partial charge < -0.3 is 9.47 Å². The van der Waals surface area contributed by atoms with Gasteiger partial charge in [0.25, 0.3) is 10.1 Å². The lowest BCUT2D eigenvalue weighted by atomic mass is 9.63. The van der Waals surface area contributed by atoms with Gasteiger partial charge in [-0.15, -0.1) is 0 Å². The highest BCUT2D eigenvalue weighted by Gasteiger charge is 2.68. The molecule has 6 heteroatoms. The Morgan fingerprint density at radius 3 is 2.27 bits per heavy atom. The number of allylic oxidation sites excluding steroid dienone is 2. The first-order valence-corrected chi connectivity index (χ1v) is 11.5. The van der Waals surface area contributed by atoms with E-state index in [0.29, 0.717) is 24.4 Å². The summed E-state index contributed by atoms with van der Waals surface area (Å²) in [5.41, 5.74) is 0.0173. The van der Waals surface area contributed by atoms with Crippen LogP contribution in [0.4, 0.5) is 0 Å². The predicted octanol–water partition coefficient (Wildman–Crippen LogP) is 3.55. The van der Waals surface area contributed by atoms with Gasteiger partial charge in [-0.25, -0.2) is 0 Å². The maximum Gasteiger partial charge on any atom is 0.264 e. The molecule has 0 bridgehead atoms. The van der Waals surface area contributed by atoms with Gasteiger partial charge in [-0.1, -0.05) is 12.2 Å². The van der Waals surface area contributed by atoms with E-state index in [1.807, 2.05) is 13.8 Å². The van der Waals surface area contributed by atoms with Crippen molar-refractivity contribution >= 4 is 10.1 Å². The van der Waals surface area contributed by atoms with Gasteiger partial charge in [0.2, 0.25) is 0 Å². The van der Waals surface area contributed by atoms with Gasteiger partial charge in [-0.3, -0.25) is 4.18 Å². The van der Waals surface area contributed by atoms with Gasteiger partial charge in [-0.2, -0.15) is 8.42 Å². The summed E-state index contributed by atoms with van der Waals surface area (Å²) in [5, 5.41) is 0. The van der Waals surface area contributed by atoms with E-state index in [1.165, 1.54) is 12.8 Å². The second-order valence-corrected chi connectivity index (χ2v) is 11.3. The van der Waals surface area contributed by atoms with Crippen LogP contribution in [0.3, 0.4) is 0 Å². The van der Waals surface area contributed by atoms with E-state index >= 15 is 0 Å². The fraction of sp³-hybridized carbons (Fsp3) is 0.900. The Morgan fingerprint density at radius 1 is 1.00 bits per heavy atom. The lowest BCUT2D eigenvalue weighted by Gasteiger charge is -2.44. The molecule has 0 N–H and O–H groups in total. The van der Waals surface area contributed by atoms with E-state index in [-0.39, 0.29) is 12.2 Å². The van der Waals surface area contributed by atoms with Crippen molar-refractivity contribution in [1.82, 2.24) is 0 Å². The Labute approximate surface area is 158 Å². The van der Waals surface area contributed by atoms with E-state index < -0.39 is 15.7 Å². The molecule has 3 aliphatic carbocycles. The molecular formula is C20H34O5S. The molecule has 4 atom stereocenters. The first-order valence-electron chi connectivity index (χ1n) is 9.73. The van der Waals surface area contributed by atoms with Crippen molar-refractivity contribution < 1.29 is 22.1 Å². The molecule has 0 aromatic carbocycles. The van der Waals surface area contributed by atoms with Crippen molar-refractivity contribution in [3.05, 3.63) is 12.2 Å². The van der Waals surface area contributed by atoms with Crippen molar-refractivity contribution in [2.45, 2.75) is 64.6 Å². The van der Waals surface area contributed by atoms with Crippen LogP contribution in [0.2, 0.25) is 0 Å². The van der Waals surface area contributed by atoms with Crippen LogP contribution in [0.1, 0.15) is 53.4 Å². The molecule has 0 aromatic heterocycles. The largest absolute Gasteiger partial charge is 0.375 e. The molecule has 0 aliphatic heterocycles. The maximum absolute atomic E-state index is 11.0. The average Bonchev–Trinajstić information content (AvgIpc) is 3.11. The Morgan fingerprint density at radius 2 is 1.65 bits per heavy atom. The Balaban J connectivity index is 1.32. The van der Waals surface area contributed by atoms with Crippen molar-refractivity contribution in [2.24, 2.45) is 23.2 Å². The lowest BCUT2D eigenvalue weighted by Crippen LogP contribution is -2.41. The first-order chi connectivity index (χ1) is 11.9. The third-order valence-electron chi connectivity index (χ3n) is 6.43. The molecule has 2 fully saturated rings. The Hall–Kier alpha value is -0.430. The molecule has 2 saturated carbocycles. The molecule has 1 spiro atoms. The zero-order valence-electron chi connectivity index (χ0n) is 16.8. The minimum atomic E-state index is -3.39. The molecule has 0 radical (unpaired) electrons. The Bertz CT molecular complexity index is 651. The van der Waals surface area contributed by atoms with Crippen LogP contribution >= 0.6 is 0 Å². The summed E-state index contributed by atoms with van der Waals surface area (Å²) in [6, 6.07) is 0. The number of hydrogen-bond acceptors (Lipinski definition) is 5. The molecule has 3 rings (SSSR count). The summed E-state index contributed by atoms with van der Waals surface area (Å²) in [7, 11) is -3.39.